The minimum absolute atomic E-state index is 0.177. The zero-order valence-electron chi connectivity index (χ0n) is 12.1. The molecule has 120 valence electrons. The van der Waals surface area contributed by atoms with Gasteiger partial charge in [-0.05, 0) is 36.4 Å². The number of amides is 1. The first kappa shape index (κ1) is 17.3. The summed E-state index contributed by atoms with van der Waals surface area (Å²) in [6, 6.07) is 11.7. The maximum atomic E-state index is 12.0. The monoisotopic (exact) mass is 397 g/mol. The fourth-order valence-corrected chi connectivity index (χ4v) is 2.35. The highest BCUT2D eigenvalue weighted by Gasteiger charge is 2.15. The van der Waals surface area contributed by atoms with Crippen molar-refractivity contribution in [3.8, 4) is 5.75 Å². The predicted molar refractivity (Wildman–Crippen MR) is 91.1 cm³/mol. The molecule has 1 amide bonds. The number of rotatable bonds is 5. The molecular weight excluding hydrogens is 386 g/mol. The summed E-state index contributed by atoms with van der Waals surface area (Å²) in [5.41, 5.74) is 0.486. The molecule has 0 aliphatic carbocycles. The van der Waals surface area contributed by atoms with Crippen LogP contribution < -0.4 is 10.1 Å². The molecule has 0 aliphatic heterocycles. The highest BCUT2D eigenvalue weighted by Crippen LogP contribution is 2.22. The molecule has 0 saturated carbocycles. The number of nitrogens with one attached hydrogen (secondary N) is 1. The number of hydrogen-bond acceptors (Lipinski definition) is 4. The van der Waals surface area contributed by atoms with Crippen LogP contribution in [0.4, 0.5) is 5.69 Å². The summed E-state index contributed by atoms with van der Waals surface area (Å²) in [4.78, 5) is 23.7. The molecule has 0 unspecified atom stereocenters. The Morgan fingerprint density at radius 2 is 2.00 bits per heavy atom. The van der Waals surface area contributed by atoms with Gasteiger partial charge in [0, 0.05) is 9.50 Å². The van der Waals surface area contributed by atoms with Crippen molar-refractivity contribution in [2.75, 3.05) is 19.0 Å². The van der Waals surface area contributed by atoms with Crippen LogP contribution in [-0.2, 0) is 9.53 Å². The van der Waals surface area contributed by atoms with E-state index in [1.807, 2.05) is 6.07 Å². The van der Waals surface area contributed by atoms with E-state index in [0.29, 0.717) is 16.5 Å². The third kappa shape index (κ3) is 4.97. The number of halogens is 2. The van der Waals surface area contributed by atoms with Crippen LogP contribution in [0.15, 0.2) is 46.9 Å². The van der Waals surface area contributed by atoms with Gasteiger partial charge in [-0.3, -0.25) is 4.79 Å². The SMILES string of the molecule is COC(=O)c1cc(Cl)ccc1NC(=O)COc1cccc(Br)c1. The zero-order valence-corrected chi connectivity index (χ0v) is 14.5. The van der Waals surface area contributed by atoms with E-state index in [1.54, 1.807) is 24.3 Å². The first-order valence-electron chi connectivity index (χ1n) is 6.55. The lowest BCUT2D eigenvalue weighted by Gasteiger charge is -2.11. The van der Waals surface area contributed by atoms with Gasteiger partial charge in [0.25, 0.3) is 5.91 Å². The molecule has 2 aromatic rings. The average Bonchev–Trinajstić information content (AvgIpc) is 2.54. The Kier molecular flexibility index (Phi) is 6.01. The molecule has 1 N–H and O–H groups in total. The van der Waals surface area contributed by atoms with Gasteiger partial charge in [-0.25, -0.2) is 4.79 Å². The first-order valence-corrected chi connectivity index (χ1v) is 7.73. The minimum Gasteiger partial charge on any atom is -0.484 e. The Bertz CT molecular complexity index is 736. The van der Waals surface area contributed by atoms with Crippen LogP contribution in [-0.4, -0.2) is 25.6 Å². The second-order valence-corrected chi connectivity index (χ2v) is 5.83. The predicted octanol–water partition coefficient (Wildman–Crippen LogP) is 3.91. The molecule has 2 aromatic carbocycles. The van der Waals surface area contributed by atoms with E-state index >= 15 is 0 Å². The van der Waals surface area contributed by atoms with Crippen LogP contribution in [0.2, 0.25) is 5.02 Å². The fourth-order valence-electron chi connectivity index (χ4n) is 1.80. The zero-order chi connectivity index (χ0) is 16.8. The summed E-state index contributed by atoms with van der Waals surface area (Å²) in [5.74, 6) is -0.438. The van der Waals surface area contributed by atoms with Gasteiger partial charge in [0.05, 0.1) is 18.4 Å². The Morgan fingerprint density at radius 3 is 2.70 bits per heavy atom. The lowest BCUT2D eigenvalue weighted by molar-refractivity contribution is -0.118. The summed E-state index contributed by atoms with van der Waals surface area (Å²) in [6.45, 7) is -0.195. The van der Waals surface area contributed by atoms with Crippen LogP contribution >= 0.6 is 27.5 Å². The molecule has 0 spiro atoms. The van der Waals surface area contributed by atoms with E-state index in [0.717, 1.165) is 4.47 Å². The van der Waals surface area contributed by atoms with Crippen molar-refractivity contribution in [3.63, 3.8) is 0 Å². The number of carbonyl (C=O) groups excluding carboxylic acids is 2. The Morgan fingerprint density at radius 1 is 1.22 bits per heavy atom. The molecule has 0 fully saturated rings. The molecule has 23 heavy (non-hydrogen) atoms. The van der Waals surface area contributed by atoms with Gasteiger partial charge in [-0.2, -0.15) is 0 Å². The van der Waals surface area contributed by atoms with Crippen LogP contribution in [0, 0.1) is 0 Å². The van der Waals surface area contributed by atoms with Crippen molar-refractivity contribution in [1.82, 2.24) is 0 Å². The van der Waals surface area contributed by atoms with E-state index in [9.17, 15) is 9.59 Å². The maximum Gasteiger partial charge on any atom is 0.340 e. The van der Waals surface area contributed by atoms with Crippen LogP contribution in [0.25, 0.3) is 0 Å². The molecule has 5 nitrogen and oxygen atoms in total. The quantitative estimate of drug-likeness (QED) is 0.776. The Hall–Kier alpha value is -2.05. The molecule has 0 aliphatic rings. The van der Waals surface area contributed by atoms with Crippen molar-refractivity contribution in [2.24, 2.45) is 0 Å². The molecule has 7 heteroatoms. The van der Waals surface area contributed by atoms with Crippen molar-refractivity contribution in [3.05, 3.63) is 57.5 Å². The van der Waals surface area contributed by atoms with Gasteiger partial charge in [0.2, 0.25) is 0 Å². The first-order chi connectivity index (χ1) is 11.0. The smallest absolute Gasteiger partial charge is 0.340 e. The molecule has 0 atom stereocenters. The lowest BCUT2D eigenvalue weighted by Crippen LogP contribution is -2.21. The van der Waals surface area contributed by atoms with E-state index < -0.39 is 11.9 Å². The van der Waals surface area contributed by atoms with Gasteiger partial charge in [-0.15, -0.1) is 0 Å². The lowest BCUT2D eigenvalue weighted by atomic mass is 10.2. The van der Waals surface area contributed by atoms with Gasteiger partial charge in [0.15, 0.2) is 6.61 Å². The summed E-state index contributed by atoms with van der Waals surface area (Å²) >= 11 is 9.18. The fraction of sp³-hybridized carbons (Fsp3) is 0.125. The number of hydrogen-bond donors (Lipinski definition) is 1. The molecule has 0 bridgehead atoms. The number of benzene rings is 2. The largest absolute Gasteiger partial charge is 0.484 e. The highest BCUT2D eigenvalue weighted by atomic mass is 79.9. The van der Waals surface area contributed by atoms with Crippen LogP contribution in [0.5, 0.6) is 5.75 Å². The second-order valence-electron chi connectivity index (χ2n) is 4.48. The number of carbonyl (C=O) groups is 2. The number of esters is 1. The Labute approximate surface area is 146 Å². The number of ether oxygens (including phenoxy) is 2. The number of methoxy groups -OCH3 is 1. The molecular formula is C16H13BrClNO4. The highest BCUT2D eigenvalue weighted by molar-refractivity contribution is 9.10. The molecule has 0 heterocycles. The van der Waals surface area contributed by atoms with Crippen molar-refractivity contribution >= 4 is 45.1 Å². The molecule has 0 aromatic heterocycles. The van der Waals surface area contributed by atoms with Crippen LogP contribution in [0.3, 0.4) is 0 Å². The standard InChI is InChI=1S/C16H13BrClNO4/c1-22-16(21)13-8-11(18)5-6-14(13)19-15(20)9-23-12-4-2-3-10(17)7-12/h2-8H,9H2,1H3,(H,19,20). The van der Waals surface area contributed by atoms with Crippen molar-refractivity contribution in [1.29, 1.82) is 0 Å². The van der Waals surface area contributed by atoms with Crippen molar-refractivity contribution in [2.45, 2.75) is 0 Å². The van der Waals surface area contributed by atoms with E-state index in [-0.39, 0.29) is 12.2 Å². The molecule has 2 rings (SSSR count). The summed E-state index contributed by atoms with van der Waals surface area (Å²) < 4.78 is 10.9. The summed E-state index contributed by atoms with van der Waals surface area (Å²) in [7, 11) is 1.26. The normalized spacial score (nSPS) is 10.0. The van der Waals surface area contributed by atoms with E-state index in [1.165, 1.54) is 19.2 Å². The van der Waals surface area contributed by atoms with Crippen LogP contribution in [0.1, 0.15) is 10.4 Å². The van der Waals surface area contributed by atoms with E-state index in [2.05, 4.69) is 26.0 Å². The van der Waals surface area contributed by atoms with E-state index in [4.69, 9.17) is 16.3 Å². The number of anilines is 1. The van der Waals surface area contributed by atoms with Gasteiger partial charge in [-0.1, -0.05) is 33.6 Å². The third-order valence-electron chi connectivity index (χ3n) is 2.83. The summed E-state index contributed by atoms with van der Waals surface area (Å²) in [6.07, 6.45) is 0. The van der Waals surface area contributed by atoms with Crippen molar-refractivity contribution < 1.29 is 19.1 Å². The van der Waals surface area contributed by atoms with Gasteiger partial charge < -0.3 is 14.8 Å². The maximum absolute atomic E-state index is 12.0. The minimum atomic E-state index is -0.587. The van der Waals surface area contributed by atoms with Gasteiger partial charge in [0.1, 0.15) is 5.75 Å². The average molecular weight is 399 g/mol. The van der Waals surface area contributed by atoms with Gasteiger partial charge >= 0.3 is 5.97 Å². The Balaban J connectivity index is 2.04. The topological polar surface area (TPSA) is 64.6 Å². The second kappa shape index (κ2) is 7.99. The molecule has 0 radical (unpaired) electrons. The molecule has 0 saturated heterocycles. The summed E-state index contributed by atoms with van der Waals surface area (Å²) in [5, 5.41) is 2.97. The third-order valence-corrected chi connectivity index (χ3v) is 3.56.